The molecule has 138 valence electrons. The van der Waals surface area contributed by atoms with Crippen molar-refractivity contribution >= 4 is 11.0 Å². The molecule has 1 N–H and O–H groups in total. The van der Waals surface area contributed by atoms with Crippen LogP contribution in [0.2, 0.25) is 0 Å². The fourth-order valence-corrected chi connectivity index (χ4v) is 3.88. The number of hydrogen-bond donors (Lipinski definition) is 1. The molecule has 0 amide bonds. The topological polar surface area (TPSA) is 68.8 Å². The monoisotopic (exact) mass is 357 g/mol. The normalized spacial score (nSPS) is 21.0. The standard InChI is InChI=1S/C19H24FN5O/c1-12(2)6-19-23-16-10-21-18(24-11-13(20)9-22-24)8-17(16)25(19)14-4-3-5-15(26)7-14/h8-12,14-15,26H,3-7H2,1-2H3/t14-,15-/m1/s1. The smallest absolute Gasteiger partial charge is 0.161 e. The van der Waals surface area contributed by atoms with E-state index < -0.39 is 5.82 Å². The summed E-state index contributed by atoms with van der Waals surface area (Å²) in [7, 11) is 0. The predicted molar refractivity (Wildman–Crippen MR) is 96.7 cm³/mol. The second-order valence-corrected chi connectivity index (χ2v) is 7.60. The molecule has 1 aliphatic rings. The van der Waals surface area contributed by atoms with Crippen LogP contribution in [-0.2, 0) is 6.42 Å². The van der Waals surface area contributed by atoms with Crippen LogP contribution in [0.3, 0.4) is 0 Å². The summed E-state index contributed by atoms with van der Waals surface area (Å²) in [5.74, 6) is 1.68. The van der Waals surface area contributed by atoms with Gasteiger partial charge in [0.05, 0.1) is 30.2 Å². The number of halogens is 1. The summed E-state index contributed by atoms with van der Waals surface area (Å²) in [4.78, 5) is 9.20. The highest BCUT2D eigenvalue weighted by atomic mass is 19.1. The summed E-state index contributed by atoms with van der Waals surface area (Å²) in [6.07, 6.45) is 8.46. The Balaban J connectivity index is 1.83. The van der Waals surface area contributed by atoms with Crippen molar-refractivity contribution in [1.82, 2.24) is 24.3 Å². The molecule has 2 atom stereocenters. The summed E-state index contributed by atoms with van der Waals surface area (Å²) < 4.78 is 17.0. The average Bonchev–Trinajstić information content (AvgIpc) is 3.16. The molecule has 0 saturated heterocycles. The number of aliphatic hydroxyl groups is 1. The van der Waals surface area contributed by atoms with Crippen LogP contribution in [0.15, 0.2) is 24.7 Å². The van der Waals surface area contributed by atoms with E-state index in [1.54, 1.807) is 6.20 Å². The lowest BCUT2D eigenvalue weighted by atomic mass is 9.92. The molecular formula is C19H24FN5O. The Morgan fingerprint density at radius 3 is 2.85 bits per heavy atom. The molecule has 0 radical (unpaired) electrons. The van der Waals surface area contributed by atoms with Gasteiger partial charge in [0.2, 0.25) is 0 Å². The maximum atomic E-state index is 13.3. The van der Waals surface area contributed by atoms with Crippen LogP contribution in [-0.4, -0.2) is 35.5 Å². The van der Waals surface area contributed by atoms with E-state index in [9.17, 15) is 9.50 Å². The van der Waals surface area contributed by atoms with Gasteiger partial charge in [-0.3, -0.25) is 0 Å². The SMILES string of the molecule is CC(C)Cc1nc2cnc(-n3cc(F)cn3)cc2n1[C@@H]1CCC[C@@H](O)C1. The van der Waals surface area contributed by atoms with Gasteiger partial charge in [0.15, 0.2) is 11.6 Å². The molecule has 3 aromatic rings. The molecule has 0 aromatic carbocycles. The van der Waals surface area contributed by atoms with Gasteiger partial charge in [0, 0.05) is 18.5 Å². The van der Waals surface area contributed by atoms with Gasteiger partial charge in [-0.15, -0.1) is 0 Å². The molecule has 3 aromatic heterocycles. The van der Waals surface area contributed by atoms with Gasteiger partial charge in [0.25, 0.3) is 0 Å². The number of nitrogens with zero attached hydrogens (tertiary/aromatic N) is 5. The lowest BCUT2D eigenvalue weighted by Crippen LogP contribution is -2.24. The molecule has 0 unspecified atom stereocenters. The Bertz CT molecular complexity index is 916. The number of aliphatic hydroxyl groups excluding tert-OH is 1. The Kier molecular flexibility index (Phi) is 4.48. The van der Waals surface area contributed by atoms with Crippen molar-refractivity contribution in [3.05, 3.63) is 36.3 Å². The maximum Gasteiger partial charge on any atom is 0.161 e. The van der Waals surface area contributed by atoms with Crippen molar-refractivity contribution < 1.29 is 9.50 Å². The molecule has 0 aliphatic heterocycles. The van der Waals surface area contributed by atoms with Crippen molar-refractivity contribution in [3.8, 4) is 5.82 Å². The highest BCUT2D eigenvalue weighted by molar-refractivity contribution is 5.77. The van der Waals surface area contributed by atoms with Crippen molar-refractivity contribution in [2.24, 2.45) is 5.92 Å². The molecule has 7 heteroatoms. The van der Waals surface area contributed by atoms with Crippen LogP contribution in [0.25, 0.3) is 16.9 Å². The van der Waals surface area contributed by atoms with Crippen LogP contribution >= 0.6 is 0 Å². The van der Waals surface area contributed by atoms with Gasteiger partial charge in [-0.2, -0.15) is 5.10 Å². The lowest BCUT2D eigenvalue weighted by Gasteiger charge is -2.29. The highest BCUT2D eigenvalue weighted by Gasteiger charge is 2.26. The van der Waals surface area contributed by atoms with Gasteiger partial charge in [-0.1, -0.05) is 13.8 Å². The number of hydrogen-bond acceptors (Lipinski definition) is 4. The van der Waals surface area contributed by atoms with Crippen LogP contribution in [0.1, 0.15) is 51.4 Å². The molecule has 0 spiro atoms. The third-order valence-corrected chi connectivity index (χ3v) is 5.00. The summed E-state index contributed by atoms with van der Waals surface area (Å²) in [6, 6.07) is 2.14. The molecule has 26 heavy (non-hydrogen) atoms. The van der Waals surface area contributed by atoms with E-state index >= 15 is 0 Å². The Labute approximate surface area is 151 Å². The summed E-state index contributed by atoms with van der Waals surface area (Å²) >= 11 is 0. The second-order valence-electron chi connectivity index (χ2n) is 7.60. The van der Waals surface area contributed by atoms with Gasteiger partial charge >= 0.3 is 0 Å². The van der Waals surface area contributed by atoms with E-state index in [-0.39, 0.29) is 12.1 Å². The third-order valence-electron chi connectivity index (χ3n) is 5.00. The Morgan fingerprint density at radius 1 is 1.31 bits per heavy atom. The van der Waals surface area contributed by atoms with Crippen LogP contribution in [0.5, 0.6) is 0 Å². The Hall–Kier alpha value is -2.28. The molecule has 1 aliphatic carbocycles. The first-order valence-electron chi connectivity index (χ1n) is 9.26. The number of fused-ring (bicyclic) bond motifs is 1. The molecule has 1 saturated carbocycles. The molecule has 0 bridgehead atoms. The molecule has 3 heterocycles. The minimum atomic E-state index is -0.392. The lowest BCUT2D eigenvalue weighted by molar-refractivity contribution is 0.104. The summed E-state index contributed by atoms with van der Waals surface area (Å²) in [5, 5.41) is 14.2. The predicted octanol–water partition coefficient (Wildman–Crippen LogP) is 3.43. The minimum absolute atomic E-state index is 0.224. The minimum Gasteiger partial charge on any atom is -0.393 e. The molecule has 4 rings (SSSR count). The summed E-state index contributed by atoms with van der Waals surface area (Å²) in [6.45, 7) is 4.35. The zero-order valence-corrected chi connectivity index (χ0v) is 15.1. The highest BCUT2D eigenvalue weighted by Crippen LogP contribution is 2.33. The molecular weight excluding hydrogens is 333 g/mol. The van der Waals surface area contributed by atoms with E-state index in [1.165, 1.54) is 17.1 Å². The zero-order valence-electron chi connectivity index (χ0n) is 15.1. The molecule has 1 fully saturated rings. The van der Waals surface area contributed by atoms with Gasteiger partial charge in [0.1, 0.15) is 11.3 Å². The van der Waals surface area contributed by atoms with E-state index in [0.717, 1.165) is 49.0 Å². The fourth-order valence-electron chi connectivity index (χ4n) is 3.88. The number of rotatable bonds is 4. The zero-order chi connectivity index (χ0) is 18.3. The van der Waals surface area contributed by atoms with E-state index in [2.05, 4.69) is 28.5 Å². The van der Waals surface area contributed by atoms with E-state index in [1.807, 2.05) is 6.07 Å². The van der Waals surface area contributed by atoms with Crippen molar-refractivity contribution in [2.75, 3.05) is 0 Å². The average molecular weight is 357 g/mol. The first-order valence-corrected chi connectivity index (χ1v) is 9.26. The fraction of sp³-hybridized carbons (Fsp3) is 0.526. The van der Waals surface area contributed by atoms with Crippen molar-refractivity contribution in [2.45, 2.75) is 58.1 Å². The van der Waals surface area contributed by atoms with Gasteiger partial charge in [-0.25, -0.2) is 19.0 Å². The van der Waals surface area contributed by atoms with Crippen LogP contribution < -0.4 is 0 Å². The molecule has 6 nitrogen and oxygen atoms in total. The first-order chi connectivity index (χ1) is 12.5. The largest absolute Gasteiger partial charge is 0.393 e. The van der Waals surface area contributed by atoms with Gasteiger partial charge < -0.3 is 9.67 Å². The van der Waals surface area contributed by atoms with E-state index in [4.69, 9.17) is 4.98 Å². The number of pyridine rings is 1. The van der Waals surface area contributed by atoms with Crippen LogP contribution in [0.4, 0.5) is 4.39 Å². The second kappa shape index (κ2) is 6.79. The van der Waals surface area contributed by atoms with Crippen LogP contribution in [0, 0.1) is 11.7 Å². The number of aromatic nitrogens is 5. The Morgan fingerprint density at radius 2 is 2.15 bits per heavy atom. The number of imidazole rings is 1. The first kappa shape index (κ1) is 17.1. The van der Waals surface area contributed by atoms with Crippen molar-refractivity contribution in [1.29, 1.82) is 0 Å². The van der Waals surface area contributed by atoms with Gasteiger partial charge in [-0.05, 0) is 31.6 Å². The third kappa shape index (κ3) is 3.23. The maximum absolute atomic E-state index is 13.3. The van der Waals surface area contributed by atoms with E-state index in [0.29, 0.717) is 11.7 Å². The van der Waals surface area contributed by atoms with Crippen molar-refractivity contribution in [3.63, 3.8) is 0 Å². The quantitative estimate of drug-likeness (QED) is 0.777. The summed E-state index contributed by atoms with van der Waals surface area (Å²) in [5.41, 5.74) is 1.80.